The van der Waals surface area contributed by atoms with Crippen LogP contribution in [0, 0.1) is 22.7 Å². The van der Waals surface area contributed by atoms with Crippen molar-refractivity contribution >= 4 is 52.8 Å². The monoisotopic (exact) mass is 493 g/mol. The summed E-state index contributed by atoms with van der Waals surface area (Å²) in [4.78, 5) is 12.8. The average Bonchev–Trinajstić information content (AvgIpc) is 3.15. The largest absolute Gasteiger partial charge is 0.496 e. The molecule has 0 bridgehead atoms. The molecule has 8 heteroatoms. The first kappa shape index (κ1) is 22.4. The molecule has 0 saturated carbocycles. The number of methoxy groups -OCH3 is 1. The van der Waals surface area contributed by atoms with Crippen LogP contribution in [0.15, 0.2) is 47.1 Å². The molecule has 0 aliphatic rings. The second-order valence-electron chi connectivity index (χ2n) is 6.66. The molecule has 0 aliphatic carbocycles. The van der Waals surface area contributed by atoms with Crippen LogP contribution >= 0.6 is 24.4 Å². The van der Waals surface area contributed by atoms with E-state index in [2.05, 4.69) is 28.1 Å². The predicted molar refractivity (Wildman–Crippen MR) is 123 cm³/mol. The van der Waals surface area contributed by atoms with Crippen LogP contribution in [-0.4, -0.2) is 23.7 Å². The maximum Gasteiger partial charge on any atom is 0.231 e. The Hall–Kier alpha value is -3.25. The fourth-order valence-corrected chi connectivity index (χ4v) is 3.93. The summed E-state index contributed by atoms with van der Waals surface area (Å²) < 4.78 is 18.4. The molecule has 0 aliphatic heterocycles. The van der Waals surface area contributed by atoms with Crippen molar-refractivity contribution in [2.75, 3.05) is 13.3 Å². The lowest BCUT2D eigenvalue weighted by atomic mass is 10.0. The number of allylic oxidation sites excluding steroid dienone is 1. The van der Waals surface area contributed by atoms with Crippen LogP contribution in [0.3, 0.4) is 0 Å². The number of halogens is 1. The molecule has 6 nitrogen and oxygen atoms in total. The first-order valence-electron chi connectivity index (χ1n) is 9.35. The molecule has 1 aromatic heterocycles. The number of nitrogens with zero attached hydrogens (tertiary/aromatic N) is 3. The summed E-state index contributed by atoms with van der Waals surface area (Å²) in [6, 6.07) is 14.8. The lowest BCUT2D eigenvalue weighted by Crippen LogP contribution is -2.09. The minimum absolute atomic E-state index is 0.0167. The summed E-state index contributed by atoms with van der Waals surface area (Å²) >= 11 is 3.46. The number of hydrogen-bond acceptors (Lipinski definition) is 5. The van der Waals surface area contributed by atoms with Crippen molar-refractivity contribution in [3.63, 3.8) is 0 Å². The molecule has 0 unspecified atom stereocenters. The highest BCUT2D eigenvalue weighted by molar-refractivity contribution is 9.10. The average molecular weight is 494 g/mol. The van der Waals surface area contributed by atoms with E-state index >= 15 is 0 Å². The van der Waals surface area contributed by atoms with E-state index < -0.39 is 0 Å². The second kappa shape index (κ2) is 10.2. The smallest absolute Gasteiger partial charge is 0.231 e. The second-order valence-corrected chi connectivity index (χ2v) is 8.28. The molecule has 0 fully saturated rings. The Morgan fingerprint density at radius 3 is 2.74 bits per heavy atom. The molecule has 3 rings (SSSR count). The predicted octanol–water partition coefficient (Wildman–Crippen LogP) is 6.06. The summed E-state index contributed by atoms with van der Waals surface area (Å²) in [6.07, 6.45) is 4.49. The maximum absolute atomic E-state index is 12.8. The van der Waals surface area contributed by atoms with Gasteiger partial charge in [0.2, 0.25) is 5.91 Å². The third-order valence-electron chi connectivity index (χ3n) is 4.74. The van der Waals surface area contributed by atoms with Gasteiger partial charge >= 0.3 is 0 Å². The molecule has 0 spiro atoms. The molecule has 0 atom stereocenters. The van der Waals surface area contributed by atoms with Gasteiger partial charge in [-0.05, 0) is 48.9 Å². The summed E-state index contributed by atoms with van der Waals surface area (Å²) in [7, 11) is 1.54. The Labute approximate surface area is 189 Å². The third kappa shape index (κ3) is 4.91. The van der Waals surface area contributed by atoms with Crippen molar-refractivity contribution in [2.24, 2.45) is 0 Å². The molecule has 0 radical (unpaired) electrons. The Morgan fingerprint density at radius 2 is 2.06 bits per heavy atom. The van der Waals surface area contributed by atoms with Gasteiger partial charge in [-0.1, -0.05) is 15.9 Å². The first-order valence-corrected chi connectivity index (χ1v) is 11.1. The number of rotatable bonds is 7. The summed E-state index contributed by atoms with van der Waals surface area (Å²) in [5, 5.41) is 19.9. The highest BCUT2D eigenvalue weighted by Crippen LogP contribution is 2.33. The van der Waals surface area contributed by atoms with Crippen LogP contribution in [0.5, 0.6) is 5.75 Å². The third-order valence-corrected chi connectivity index (χ3v) is 5.74. The van der Waals surface area contributed by atoms with Gasteiger partial charge < -0.3 is 4.74 Å². The zero-order valence-corrected chi connectivity index (χ0v) is 19.1. The van der Waals surface area contributed by atoms with E-state index in [0.717, 1.165) is 9.86 Å². The van der Waals surface area contributed by atoms with Gasteiger partial charge in [0.25, 0.3) is 0 Å². The molecular weight excluding hydrogens is 477 g/mol. The molecule has 0 N–H and O–H groups in total. The normalized spacial score (nSPS) is 11.3. The fourth-order valence-electron chi connectivity index (χ4n) is 3.28. The summed E-state index contributed by atoms with van der Waals surface area (Å²) in [5.41, 5.74) is 2.65. The van der Waals surface area contributed by atoms with Crippen molar-refractivity contribution in [3.05, 3.63) is 63.8 Å². The van der Waals surface area contributed by atoms with Gasteiger partial charge in [-0.3, -0.25) is 13.9 Å². The van der Waals surface area contributed by atoms with Crippen molar-refractivity contribution < 1.29 is 14.1 Å². The quantitative estimate of drug-likeness (QED) is 0.226. The standard InChI is InChI=1S/C23H17BrN3O3P/c1-30-22-7-4-15(12-25)9-16(22)10-17(13-26)20-14-27(23(28)3-2-8-31-29)21-6-5-18(24)11-19(20)21/h4-7,9-11,14H,2-3,8H2,1H3/b17-10+. The van der Waals surface area contributed by atoms with Gasteiger partial charge in [0.05, 0.1) is 35.9 Å². The lowest BCUT2D eigenvalue weighted by Gasteiger charge is -2.06. The SMILES string of the molecule is COc1ccc(C#N)cc1/C=C(\C#N)c1cn(C(=O)CCCP=O)c2ccc(Br)cc12. The molecule has 154 valence electrons. The van der Waals surface area contributed by atoms with Crippen molar-refractivity contribution in [2.45, 2.75) is 12.8 Å². The van der Waals surface area contributed by atoms with Gasteiger partial charge in [-0.2, -0.15) is 10.5 Å². The van der Waals surface area contributed by atoms with Crippen LogP contribution in [-0.2, 0) is 4.57 Å². The first-order chi connectivity index (χ1) is 15.0. The van der Waals surface area contributed by atoms with Gasteiger partial charge in [0, 0.05) is 39.8 Å². The van der Waals surface area contributed by atoms with E-state index in [9.17, 15) is 19.9 Å². The van der Waals surface area contributed by atoms with Crippen LogP contribution in [0.4, 0.5) is 0 Å². The van der Waals surface area contributed by atoms with Crippen molar-refractivity contribution in [1.29, 1.82) is 10.5 Å². The number of carbonyl (C=O) groups excluding carboxylic acids is 1. The van der Waals surface area contributed by atoms with Gasteiger partial charge in [-0.25, -0.2) is 0 Å². The zero-order chi connectivity index (χ0) is 22.4. The van der Waals surface area contributed by atoms with E-state index in [1.165, 1.54) is 11.7 Å². The lowest BCUT2D eigenvalue weighted by molar-refractivity contribution is 0.0907. The fraction of sp³-hybridized carbons (Fsp3) is 0.174. The number of hydrogen-bond donors (Lipinski definition) is 0. The zero-order valence-electron chi connectivity index (χ0n) is 16.6. The van der Waals surface area contributed by atoms with Gasteiger partial charge in [-0.15, -0.1) is 0 Å². The number of fused-ring (bicyclic) bond motifs is 1. The highest BCUT2D eigenvalue weighted by Gasteiger charge is 2.17. The number of carbonyl (C=O) groups is 1. The Morgan fingerprint density at radius 1 is 1.26 bits per heavy atom. The van der Waals surface area contributed by atoms with E-state index in [4.69, 9.17) is 4.74 Å². The summed E-state index contributed by atoms with van der Waals surface area (Å²) in [6.45, 7) is 0. The molecule has 31 heavy (non-hydrogen) atoms. The van der Waals surface area contributed by atoms with Crippen molar-refractivity contribution in [1.82, 2.24) is 4.57 Å². The van der Waals surface area contributed by atoms with Crippen LogP contribution in [0.2, 0.25) is 0 Å². The number of ether oxygens (including phenoxy) is 1. The Bertz CT molecular complexity index is 1280. The molecule has 0 saturated heterocycles. The van der Waals surface area contributed by atoms with Gasteiger partial charge in [0.1, 0.15) is 5.75 Å². The van der Waals surface area contributed by atoms with Crippen LogP contribution < -0.4 is 4.74 Å². The molecule has 1 heterocycles. The Balaban J connectivity index is 2.17. The Kier molecular flexibility index (Phi) is 7.36. The maximum atomic E-state index is 12.8. The molecular formula is C23H17BrN3O3P. The minimum atomic E-state index is -0.136. The van der Waals surface area contributed by atoms with E-state index in [-0.39, 0.29) is 20.8 Å². The van der Waals surface area contributed by atoms with E-state index in [1.807, 2.05) is 18.2 Å². The topological polar surface area (TPSA) is 95.9 Å². The van der Waals surface area contributed by atoms with Gasteiger partial charge in [0.15, 0.2) is 8.46 Å². The molecule has 0 amide bonds. The van der Waals surface area contributed by atoms with Crippen LogP contribution in [0.25, 0.3) is 22.6 Å². The van der Waals surface area contributed by atoms with E-state index in [0.29, 0.717) is 46.1 Å². The summed E-state index contributed by atoms with van der Waals surface area (Å²) in [5.74, 6) is 0.396. The van der Waals surface area contributed by atoms with Crippen molar-refractivity contribution in [3.8, 4) is 17.9 Å². The van der Waals surface area contributed by atoms with E-state index in [1.54, 1.807) is 30.5 Å². The number of aromatic nitrogens is 1. The molecule has 2 aromatic carbocycles. The minimum Gasteiger partial charge on any atom is -0.496 e. The highest BCUT2D eigenvalue weighted by atomic mass is 79.9. The number of benzene rings is 2. The molecule has 3 aromatic rings. The number of nitriles is 2. The van der Waals surface area contributed by atoms with Crippen LogP contribution in [0.1, 0.15) is 34.3 Å².